The van der Waals surface area contributed by atoms with E-state index < -0.39 is 29.5 Å². The summed E-state index contributed by atoms with van der Waals surface area (Å²) in [5.74, 6) is 0.423. The van der Waals surface area contributed by atoms with E-state index in [0.29, 0.717) is 46.4 Å². The predicted molar refractivity (Wildman–Crippen MR) is 156 cm³/mol. The second-order valence-electron chi connectivity index (χ2n) is 12.2. The molecule has 1 aliphatic rings. The number of piperidine rings is 1. The fourth-order valence-corrected chi connectivity index (χ4v) is 5.18. The molecule has 41 heavy (non-hydrogen) atoms. The number of para-hydroxylation sites is 1. The van der Waals surface area contributed by atoms with Crippen molar-refractivity contribution in [3.63, 3.8) is 0 Å². The van der Waals surface area contributed by atoms with Crippen LogP contribution < -0.4 is 5.32 Å². The number of fused-ring (bicyclic) bond motifs is 2. The van der Waals surface area contributed by atoms with Gasteiger partial charge in [0.15, 0.2) is 11.5 Å². The summed E-state index contributed by atoms with van der Waals surface area (Å²) in [6.07, 6.45) is 3.65. The Hall–Kier alpha value is -3.83. The molecular weight excluding hydrogens is 548 g/mol. The average Bonchev–Trinajstić information content (AvgIpc) is 3.49. The van der Waals surface area contributed by atoms with Crippen molar-refractivity contribution in [2.45, 2.75) is 71.3 Å². The van der Waals surface area contributed by atoms with Crippen LogP contribution in [-0.4, -0.2) is 77.6 Å². The van der Waals surface area contributed by atoms with E-state index in [9.17, 15) is 14.7 Å². The molecule has 3 aromatic heterocycles. The lowest BCUT2D eigenvalue weighted by atomic mass is 10.0. The van der Waals surface area contributed by atoms with Crippen LogP contribution in [0.25, 0.3) is 27.8 Å². The molecule has 0 radical (unpaired) electrons. The fraction of sp³-hybridized carbons (Fsp3) is 0.448. The lowest BCUT2D eigenvalue weighted by Crippen LogP contribution is -2.52. The summed E-state index contributed by atoms with van der Waals surface area (Å²) in [4.78, 5) is 36.7. The highest BCUT2D eigenvalue weighted by Gasteiger charge is 2.33. The number of β-amino-alcohol motifs (C(OH)–C–C–N with tert-alkyl or cyclic N) is 1. The molecule has 1 aromatic carbocycles. The van der Waals surface area contributed by atoms with Gasteiger partial charge in [-0.25, -0.2) is 19.6 Å². The topological polar surface area (TPSA) is 123 Å². The summed E-state index contributed by atoms with van der Waals surface area (Å²) in [7, 11) is 0. The molecule has 0 bridgehead atoms. The minimum absolute atomic E-state index is 0.176. The molecule has 12 heteroatoms. The highest BCUT2D eigenvalue weighted by atomic mass is 35.5. The Labute approximate surface area is 243 Å². The fourth-order valence-electron chi connectivity index (χ4n) is 4.90. The van der Waals surface area contributed by atoms with Gasteiger partial charge in [-0.2, -0.15) is 0 Å². The summed E-state index contributed by atoms with van der Waals surface area (Å²) in [5, 5.41) is 15.0. The lowest BCUT2D eigenvalue weighted by molar-refractivity contribution is 0.00178. The normalized spacial score (nSPS) is 18.1. The first-order valence-corrected chi connectivity index (χ1v) is 13.9. The number of imidazole rings is 1. The van der Waals surface area contributed by atoms with E-state index in [4.69, 9.17) is 26.1 Å². The van der Waals surface area contributed by atoms with E-state index in [1.807, 2.05) is 45.0 Å². The van der Waals surface area contributed by atoms with Gasteiger partial charge in [0.2, 0.25) is 0 Å². The zero-order valence-corrected chi connectivity index (χ0v) is 24.8. The van der Waals surface area contributed by atoms with Gasteiger partial charge in [-0.3, -0.25) is 8.97 Å². The Morgan fingerprint density at radius 1 is 1.05 bits per heavy atom. The molecular formula is C29H35ClN6O5. The van der Waals surface area contributed by atoms with Crippen molar-refractivity contribution in [3.05, 3.63) is 48.0 Å². The summed E-state index contributed by atoms with van der Waals surface area (Å²) in [6, 6.07) is 7.11. The maximum absolute atomic E-state index is 13.1. The second kappa shape index (κ2) is 10.5. The third-order valence-electron chi connectivity index (χ3n) is 6.46. The van der Waals surface area contributed by atoms with Crippen LogP contribution in [0.3, 0.4) is 0 Å². The van der Waals surface area contributed by atoms with Gasteiger partial charge in [-0.15, -0.1) is 0 Å². The Morgan fingerprint density at radius 3 is 2.44 bits per heavy atom. The van der Waals surface area contributed by atoms with Crippen LogP contribution in [0, 0.1) is 0 Å². The monoisotopic (exact) mass is 582 g/mol. The van der Waals surface area contributed by atoms with E-state index >= 15 is 0 Å². The van der Waals surface area contributed by atoms with Gasteiger partial charge in [0.25, 0.3) is 0 Å². The smallest absolute Gasteiger partial charge is 0.419 e. The van der Waals surface area contributed by atoms with Crippen LogP contribution in [-0.2, 0) is 9.47 Å². The molecule has 1 aliphatic heterocycles. The number of hydrogen-bond acceptors (Lipinski definition) is 8. The third kappa shape index (κ3) is 6.11. The number of aliphatic hydroxyl groups excluding tert-OH is 1. The molecule has 1 fully saturated rings. The van der Waals surface area contributed by atoms with E-state index in [1.165, 1.54) is 9.47 Å². The number of nitrogens with zero attached hydrogens (tertiary/aromatic N) is 5. The number of halogens is 1. The Kier molecular flexibility index (Phi) is 7.37. The average molecular weight is 583 g/mol. The number of carbonyl (C=O) groups is 2. The number of amides is 1. The largest absolute Gasteiger partial charge is 0.444 e. The highest BCUT2D eigenvalue weighted by molar-refractivity contribution is 6.32. The van der Waals surface area contributed by atoms with Gasteiger partial charge >= 0.3 is 12.2 Å². The van der Waals surface area contributed by atoms with Crippen molar-refractivity contribution >= 4 is 46.2 Å². The second-order valence-corrected chi connectivity index (χ2v) is 12.6. The zero-order valence-electron chi connectivity index (χ0n) is 24.0. The molecule has 0 unspecified atom stereocenters. The Bertz CT molecular complexity index is 1620. The summed E-state index contributed by atoms with van der Waals surface area (Å²) in [6.45, 7) is 11.3. The van der Waals surface area contributed by atoms with Gasteiger partial charge in [-0.1, -0.05) is 29.8 Å². The number of aromatic nitrogens is 4. The maximum atomic E-state index is 13.1. The molecule has 11 nitrogen and oxygen atoms in total. The van der Waals surface area contributed by atoms with Crippen LogP contribution in [0.2, 0.25) is 5.15 Å². The van der Waals surface area contributed by atoms with Crippen molar-refractivity contribution in [2.75, 3.05) is 18.4 Å². The van der Waals surface area contributed by atoms with Crippen LogP contribution in [0.15, 0.2) is 42.9 Å². The van der Waals surface area contributed by atoms with Gasteiger partial charge in [0.1, 0.15) is 22.0 Å². The molecule has 1 amide bonds. The molecule has 4 heterocycles. The van der Waals surface area contributed by atoms with Crippen LogP contribution in [0.4, 0.5) is 15.4 Å². The maximum Gasteiger partial charge on any atom is 0.419 e. The number of benzene rings is 1. The lowest BCUT2D eigenvalue weighted by Gasteiger charge is -2.37. The standard InChI is InChI=1S/C29H35ClN6O5/c1-28(2,3)40-26(38)34-14-17(13-18(37)15-34)32-24-25-31-11-12-35(25)23(30)22(33-24)20-16-36(27(39)41-29(4,5)6)21-10-8-7-9-19(20)21/h7-12,16-18,37H,13-15H2,1-6H3,(H,32,33)/t17-,18+/m0/s1. The molecule has 1 saturated heterocycles. The number of aliphatic hydroxyl groups is 1. The molecule has 0 aliphatic carbocycles. The van der Waals surface area contributed by atoms with E-state index in [0.717, 1.165) is 5.39 Å². The number of rotatable bonds is 3. The first-order valence-electron chi connectivity index (χ1n) is 13.5. The Balaban J connectivity index is 1.54. The van der Waals surface area contributed by atoms with E-state index in [2.05, 4.69) is 10.3 Å². The summed E-state index contributed by atoms with van der Waals surface area (Å²) < 4.78 is 14.3. The number of hydrogen-bond donors (Lipinski definition) is 2. The van der Waals surface area contributed by atoms with Crippen molar-refractivity contribution in [3.8, 4) is 11.3 Å². The van der Waals surface area contributed by atoms with Crippen LogP contribution in [0.1, 0.15) is 48.0 Å². The van der Waals surface area contributed by atoms with Gasteiger partial charge < -0.3 is 24.8 Å². The van der Waals surface area contributed by atoms with Gasteiger partial charge in [0, 0.05) is 42.1 Å². The number of carbonyl (C=O) groups excluding carboxylic acids is 2. The highest BCUT2D eigenvalue weighted by Crippen LogP contribution is 2.36. The third-order valence-corrected chi connectivity index (χ3v) is 6.82. The van der Waals surface area contributed by atoms with Crippen LogP contribution in [0.5, 0.6) is 0 Å². The minimum atomic E-state index is -0.747. The number of nitrogens with one attached hydrogen (secondary N) is 1. The first-order chi connectivity index (χ1) is 19.2. The number of likely N-dealkylation sites (tertiary alicyclic amines) is 1. The molecule has 5 rings (SSSR count). The van der Waals surface area contributed by atoms with Crippen molar-refractivity contribution in [1.29, 1.82) is 0 Å². The van der Waals surface area contributed by atoms with Crippen molar-refractivity contribution < 1.29 is 24.2 Å². The van der Waals surface area contributed by atoms with Crippen molar-refractivity contribution in [2.24, 2.45) is 0 Å². The molecule has 218 valence electrons. The zero-order chi connectivity index (χ0) is 29.7. The summed E-state index contributed by atoms with van der Waals surface area (Å²) in [5.41, 5.74) is 0.864. The molecule has 4 aromatic rings. The number of ether oxygens (including phenoxy) is 2. The van der Waals surface area contributed by atoms with Gasteiger partial charge in [-0.05, 0) is 54.0 Å². The molecule has 2 atom stereocenters. The molecule has 0 saturated carbocycles. The van der Waals surface area contributed by atoms with E-state index in [1.54, 1.807) is 43.8 Å². The van der Waals surface area contributed by atoms with E-state index in [-0.39, 0.29) is 12.6 Å². The minimum Gasteiger partial charge on any atom is -0.444 e. The van der Waals surface area contributed by atoms with Gasteiger partial charge in [0.05, 0.1) is 18.2 Å². The summed E-state index contributed by atoms with van der Waals surface area (Å²) >= 11 is 6.88. The Morgan fingerprint density at radius 2 is 1.73 bits per heavy atom. The molecule has 2 N–H and O–H groups in total. The first kappa shape index (κ1) is 28.7. The predicted octanol–water partition coefficient (Wildman–Crippen LogP) is 5.57. The van der Waals surface area contributed by atoms with Crippen molar-refractivity contribution in [1.82, 2.24) is 23.8 Å². The quantitative estimate of drug-likeness (QED) is 0.321. The van der Waals surface area contributed by atoms with Crippen LogP contribution >= 0.6 is 11.6 Å². The number of anilines is 1. The SMILES string of the molecule is CC(C)(C)OC(=O)N1C[C@H](O)C[C@H](Nc2nc(-c3cn(C(=O)OC(C)(C)C)c4ccccc34)c(Cl)n3ccnc23)C1. The molecule has 0 spiro atoms.